The summed E-state index contributed by atoms with van der Waals surface area (Å²) in [6, 6.07) is 0.524. The van der Waals surface area contributed by atoms with Crippen LogP contribution in [0.5, 0.6) is 0 Å². The van der Waals surface area contributed by atoms with E-state index in [9.17, 15) is 4.39 Å². The Labute approximate surface area is 112 Å². The Morgan fingerprint density at radius 2 is 2.00 bits per heavy atom. The first-order valence-corrected chi connectivity index (χ1v) is 7.01. The number of nitrogen functional groups attached to an aromatic ring is 1. The molecule has 0 spiro atoms. The summed E-state index contributed by atoms with van der Waals surface area (Å²) in [4.78, 5) is 12.2. The molecule has 2 aliphatic rings. The maximum Gasteiger partial charge on any atom is 0.222 e. The fraction of sp³-hybridized carbons (Fsp3) is 0.692. The summed E-state index contributed by atoms with van der Waals surface area (Å²) in [6.45, 7) is 4.03. The van der Waals surface area contributed by atoms with E-state index in [2.05, 4.69) is 14.9 Å². The number of hydrogen-bond donors (Lipinski definition) is 1. The summed E-state index contributed by atoms with van der Waals surface area (Å²) < 4.78 is 13.8. The van der Waals surface area contributed by atoms with E-state index in [0.29, 0.717) is 11.9 Å². The largest absolute Gasteiger partial charge is 0.368 e. The average molecular weight is 265 g/mol. The molecule has 3 heterocycles. The maximum atomic E-state index is 13.8. The number of hydrogen-bond acceptors (Lipinski definition) is 5. The van der Waals surface area contributed by atoms with Crippen molar-refractivity contribution in [1.82, 2.24) is 14.9 Å². The van der Waals surface area contributed by atoms with Crippen molar-refractivity contribution < 1.29 is 4.39 Å². The normalized spacial score (nSPS) is 24.9. The van der Waals surface area contributed by atoms with Crippen molar-refractivity contribution in [3.8, 4) is 0 Å². The lowest BCUT2D eigenvalue weighted by atomic mass is 10.1. The Morgan fingerprint density at radius 1 is 1.21 bits per heavy atom. The number of likely N-dealkylation sites (tertiary alicyclic amines) is 1. The van der Waals surface area contributed by atoms with Gasteiger partial charge in [-0.2, -0.15) is 4.98 Å². The summed E-state index contributed by atoms with van der Waals surface area (Å²) in [5, 5.41) is 0. The molecule has 5 nitrogen and oxygen atoms in total. The molecule has 2 saturated heterocycles. The van der Waals surface area contributed by atoms with Gasteiger partial charge in [0.15, 0.2) is 11.6 Å². The molecule has 1 aromatic rings. The summed E-state index contributed by atoms with van der Waals surface area (Å²) in [5.41, 5.74) is 5.55. The molecule has 0 bridgehead atoms. The van der Waals surface area contributed by atoms with Gasteiger partial charge in [0.2, 0.25) is 5.95 Å². The molecule has 2 aliphatic heterocycles. The van der Waals surface area contributed by atoms with Crippen LogP contribution in [-0.4, -0.2) is 47.1 Å². The molecule has 2 fully saturated rings. The predicted molar refractivity (Wildman–Crippen MR) is 72.4 cm³/mol. The number of rotatable bonds is 2. The fourth-order valence-electron chi connectivity index (χ4n) is 3.11. The van der Waals surface area contributed by atoms with E-state index in [0.717, 1.165) is 25.7 Å². The van der Waals surface area contributed by atoms with Gasteiger partial charge >= 0.3 is 0 Å². The molecule has 0 saturated carbocycles. The first-order valence-electron chi connectivity index (χ1n) is 7.01. The Balaban J connectivity index is 1.69. The van der Waals surface area contributed by atoms with Gasteiger partial charge in [-0.15, -0.1) is 0 Å². The zero-order valence-corrected chi connectivity index (χ0v) is 11.1. The summed E-state index contributed by atoms with van der Waals surface area (Å²) >= 11 is 0. The number of aromatic nitrogens is 2. The second kappa shape index (κ2) is 5.28. The van der Waals surface area contributed by atoms with E-state index in [-0.39, 0.29) is 11.8 Å². The van der Waals surface area contributed by atoms with Crippen LogP contribution in [0.1, 0.15) is 25.7 Å². The minimum absolute atomic E-state index is 0.137. The standard InChI is InChI=1S/C13H20FN5/c14-11-8-16-13(15)17-12(11)19-7-4-10(9-19)18-5-2-1-3-6-18/h8,10H,1-7,9H2,(H2,15,16,17). The molecule has 19 heavy (non-hydrogen) atoms. The lowest BCUT2D eigenvalue weighted by molar-refractivity contribution is 0.174. The van der Waals surface area contributed by atoms with Gasteiger partial charge in [0.25, 0.3) is 0 Å². The van der Waals surface area contributed by atoms with E-state index < -0.39 is 0 Å². The number of nitrogens with two attached hydrogens (primary N) is 1. The van der Waals surface area contributed by atoms with Crippen LogP contribution in [0.15, 0.2) is 6.20 Å². The minimum atomic E-state index is -0.381. The number of nitrogens with zero attached hydrogens (tertiary/aromatic N) is 4. The Morgan fingerprint density at radius 3 is 2.79 bits per heavy atom. The lowest BCUT2D eigenvalue weighted by Crippen LogP contribution is -2.41. The molecular formula is C13H20FN5. The second-order valence-electron chi connectivity index (χ2n) is 5.38. The Hall–Kier alpha value is -1.43. The summed E-state index contributed by atoms with van der Waals surface area (Å²) in [7, 11) is 0. The second-order valence-corrected chi connectivity index (χ2v) is 5.38. The number of halogens is 1. The minimum Gasteiger partial charge on any atom is -0.368 e. The van der Waals surface area contributed by atoms with Crippen LogP contribution in [-0.2, 0) is 0 Å². The number of anilines is 2. The monoisotopic (exact) mass is 265 g/mol. The molecule has 6 heteroatoms. The Kier molecular flexibility index (Phi) is 3.50. The third-order valence-corrected chi connectivity index (χ3v) is 4.11. The first kappa shape index (κ1) is 12.6. The van der Waals surface area contributed by atoms with Gasteiger partial charge in [0, 0.05) is 19.1 Å². The van der Waals surface area contributed by atoms with Gasteiger partial charge in [0.1, 0.15) is 0 Å². The van der Waals surface area contributed by atoms with Crippen LogP contribution in [0, 0.1) is 5.82 Å². The molecule has 0 radical (unpaired) electrons. The van der Waals surface area contributed by atoms with E-state index in [1.54, 1.807) is 0 Å². The van der Waals surface area contributed by atoms with E-state index in [1.807, 2.05) is 4.90 Å². The van der Waals surface area contributed by atoms with E-state index in [1.165, 1.54) is 32.4 Å². The van der Waals surface area contributed by atoms with Crippen molar-refractivity contribution in [2.24, 2.45) is 0 Å². The zero-order valence-electron chi connectivity index (χ0n) is 11.1. The predicted octanol–water partition coefficient (Wildman–Crippen LogP) is 1.26. The number of piperidine rings is 1. The molecule has 0 amide bonds. The van der Waals surface area contributed by atoms with E-state index in [4.69, 9.17) is 5.73 Å². The fourth-order valence-corrected chi connectivity index (χ4v) is 3.11. The summed E-state index contributed by atoms with van der Waals surface area (Å²) in [6.07, 6.45) is 6.13. The highest BCUT2D eigenvalue weighted by Gasteiger charge is 2.30. The van der Waals surface area contributed by atoms with Gasteiger partial charge < -0.3 is 10.6 Å². The highest BCUT2D eigenvalue weighted by Crippen LogP contribution is 2.25. The van der Waals surface area contributed by atoms with Crippen molar-refractivity contribution in [2.45, 2.75) is 31.7 Å². The molecule has 1 atom stereocenters. The molecule has 0 aromatic carbocycles. The van der Waals surface area contributed by atoms with Gasteiger partial charge in [-0.25, -0.2) is 9.37 Å². The van der Waals surface area contributed by atoms with Crippen molar-refractivity contribution in [3.05, 3.63) is 12.0 Å². The van der Waals surface area contributed by atoms with Gasteiger partial charge in [-0.3, -0.25) is 4.90 Å². The first-order chi connectivity index (χ1) is 9.24. The van der Waals surface area contributed by atoms with Crippen LogP contribution < -0.4 is 10.6 Å². The van der Waals surface area contributed by atoms with Crippen LogP contribution in [0.4, 0.5) is 16.2 Å². The third kappa shape index (κ3) is 2.63. The quantitative estimate of drug-likeness (QED) is 0.872. The maximum absolute atomic E-state index is 13.8. The molecule has 1 aromatic heterocycles. The molecule has 104 valence electrons. The third-order valence-electron chi connectivity index (χ3n) is 4.11. The van der Waals surface area contributed by atoms with Gasteiger partial charge in [-0.1, -0.05) is 6.42 Å². The van der Waals surface area contributed by atoms with Crippen molar-refractivity contribution in [3.63, 3.8) is 0 Å². The molecular weight excluding hydrogens is 245 g/mol. The van der Waals surface area contributed by atoms with Crippen molar-refractivity contribution in [1.29, 1.82) is 0 Å². The van der Waals surface area contributed by atoms with E-state index >= 15 is 0 Å². The highest BCUT2D eigenvalue weighted by atomic mass is 19.1. The Bertz CT molecular complexity index is 447. The topological polar surface area (TPSA) is 58.3 Å². The molecule has 3 rings (SSSR count). The average Bonchev–Trinajstić information content (AvgIpc) is 2.92. The zero-order chi connectivity index (χ0) is 13.2. The lowest BCUT2D eigenvalue weighted by Gasteiger charge is -2.32. The molecule has 2 N–H and O–H groups in total. The highest BCUT2D eigenvalue weighted by molar-refractivity contribution is 5.43. The van der Waals surface area contributed by atoms with Crippen molar-refractivity contribution >= 4 is 11.8 Å². The van der Waals surface area contributed by atoms with Gasteiger partial charge in [-0.05, 0) is 32.4 Å². The van der Waals surface area contributed by atoms with Crippen LogP contribution in [0.2, 0.25) is 0 Å². The molecule has 0 aliphatic carbocycles. The summed E-state index contributed by atoms with van der Waals surface area (Å²) in [5.74, 6) is 0.110. The SMILES string of the molecule is Nc1ncc(F)c(N2CCC(N3CCCCC3)C2)n1. The van der Waals surface area contributed by atoms with Crippen LogP contribution in [0.3, 0.4) is 0 Å². The van der Waals surface area contributed by atoms with Crippen molar-refractivity contribution in [2.75, 3.05) is 36.8 Å². The smallest absolute Gasteiger partial charge is 0.222 e. The molecule has 1 unspecified atom stereocenters. The van der Waals surface area contributed by atoms with Crippen LogP contribution >= 0.6 is 0 Å². The van der Waals surface area contributed by atoms with Gasteiger partial charge in [0.05, 0.1) is 6.20 Å². The van der Waals surface area contributed by atoms with Crippen LogP contribution in [0.25, 0.3) is 0 Å².